The third-order valence-electron chi connectivity index (χ3n) is 2.37. The van der Waals surface area contributed by atoms with Gasteiger partial charge >= 0.3 is 0 Å². The molecule has 2 unspecified atom stereocenters. The first-order valence-electron chi connectivity index (χ1n) is 4.95. The number of carbonyl (C=O) groups excluding carboxylic acids is 1. The van der Waals surface area contributed by atoms with E-state index in [4.69, 9.17) is 22.8 Å². The maximum absolute atomic E-state index is 11.6. The molecule has 0 saturated carbocycles. The number of halogens is 2. The molecule has 0 radical (unpaired) electrons. The topological polar surface area (TPSA) is 107 Å². The van der Waals surface area contributed by atoms with Crippen molar-refractivity contribution in [1.29, 1.82) is 0 Å². The number of rotatable bonds is 3. The second-order valence-electron chi connectivity index (χ2n) is 3.38. The van der Waals surface area contributed by atoms with Crippen LogP contribution in [0.1, 0.15) is 1.37 Å². The van der Waals surface area contributed by atoms with E-state index in [1.165, 1.54) is 0 Å². The Morgan fingerprint density at radius 2 is 2.06 bits per heavy atom. The fourth-order valence-electron chi connectivity index (χ4n) is 1.41. The monoisotopic (exact) mass is 319 g/mol. The van der Waals surface area contributed by atoms with Crippen LogP contribution in [0.2, 0.25) is 0 Å². The molecule has 1 aliphatic heterocycles. The highest BCUT2D eigenvalue weighted by molar-refractivity contribution is 9.10. The van der Waals surface area contributed by atoms with Crippen LogP contribution in [0.25, 0.3) is 0 Å². The molecule has 1 heterocycles. The summed E-state index contributed by atoms with van der Waals surface area (Å²) in [5.41, 5.74) is 0. The molecule has 6 nitrogen and oxygen atoms in total. The van der Waals surface area contributed by atoms with Gasteiger partial charge in [-0.3, -0.25) is 4.79 Å². The number of Topliss-reactive ketones (excluding diaryl/α,β-unsaturated/α-hetero) is 1. The SMILES string of the molecule is [2H]C(Cl)C(=O)C1(Br)O[C@H](CO)[C@@H](O)[C@H](O)[C@H]1O. The Bertz CT molecular complexity index is 304. The van der Waals surface area contributed by atoms with Crippen molar-refractivity contribution in [2.24, 2.45) is 0 Å². The van der Waals surface area contributed by atoms with Crippen LogP contribution in [0.3, 0.4) is 0 Å². The van der Waals surface area contributed by atoms with E-state index in [1.807, 2.05) is 0 Å². The van der Waals surface area contributed by atoms with Gasteiger partial charge in [0.1, 0.15) is 24.4 Å². The van der Waals surface area contributed by atoms with Crippen LogP contribution in [0, 0.1) is 0 Å². The quantitative estimate of drug-likeness (QED) is 0.465. The highest BCUT2D eigenvalue weighted by Crippen LogP contribution is 2.36. The van der Waals surface area contributed by atoms with Crippen LogP contribution in [-0.4, -0.2) is 67.6 Å². The van der Waals surface area contributed by atoms with Crippen molar-refractivity contribution in [3.63, 3.8) is 0 Å². The number of hydrogen-bond donors (Lipinski definition) is 4. The zero-order chi connectivity index (χ0) is 13.4. The molecule has 0 bridgehead atoms. The van der Waals surface area contributed by atoms with Gasteiger partial charge < -0.3 is 25.2 Å². The number of ketones is 1. The summed E-state index contributed by atoms with van der Waals surface area (Å²) >= 11 is 8.05. The van der Waals surface area contributed by atoms with E-state index in [1.54, 1.807) is 0 Å². The van der Waals surface area contributed by atoms with E-state index in [9.17, 15) is 20.1 Å². The highest BCUT2D eigenvalue weighted by atomic mass is 79.9. The molecule has 0 amide bonds. The lowest BCUT2D eigenvalue weighted by atomic mass is 9.93. The molecule has 6 atom stereocenters. The van der Waals surface area contributed by atoms with E-state index in [-0.39, 0.29) is 0 Å². The van der Waals surface area contributed by atoms with Crippen molar-refractivity contribution in [3.05, 3.63) is 0 Å². The summed E-state index contributed by atoms with van der Waals surface area (Å²) in [6.07, 6.45) is -6.33. The number of hydrogen-bond acceptors (Lipinski definition) is 6. The van der Waals surface area contributed by atoms with Gasteiger partial charge in [0.25, 0.3) is 0 Å². The highest BCUT2D eigenvalue weighted by Gasteiger charge is 2.55. The zero-order valence-electron chi connectivity index (χ0n) is 8.96. The largest absolute Gasteiger partial charge is 0.394 e. The lowest BCUT2D eigenvalue weighted by molar-refractivity contribution is -0.234. The average Bonchev–Trinajstić information content (AvgIpc) is 2.30. The van der Waals surface area contributed by atoms with Gasteiger partial charge in [0.15, 0.2) is 5.78 Å². The molecule has 0 aromatic rings. The smallest absolute Gasteiger partial charge is 0.211 e. The van der Waals surface area contributed by atoms with Crippen LogP contribution in [0.5, 0.6) is 0 Å². The molecule has 1 rings (SSSR count). The molecule has 94 valence electrons. The summed E-state index contributed by atoms with van der Waals surface area (Å²) in [5.74, 6) is -2.75. The van der Waals surface area contributed by atoms with Gasteiger partial charge in [0, 0.05) is 0 Å². The number of aliphatic hydroxyl groups is 4. The Labute approximate surface area is 106 Å². The summed E-state index contributed by atoms with van der Waals surface area (Å²) in [4.78, 5) is 11.6. The Morgan fingerprint density at radius 3 is 2.50 bits per heavy atom. The third-order valence-corrected chi connectivity index (χ3v) is 3.62. The summed E-state index contributed by atoms with van der Waals surface area (Å²) < 4.78 is 9.94. The normalized spacial score (nSPS) is 47.2. The van der Waals surface area contributed by atoms with Crippen molar-refractivity contribution < 1.29 is 31.3 Å². The molecule has 1 fully saturated rings. The summed E-state index contributed by atoms with van der Waals surface area (Å²) in [7, 11) is 0. The van der Waals surface area contributed by atoms with E-state index < -0.39 is 47.2 Å². The number of ether oxygens (including phenoxy) is 1. The van der Waals surface area contributed by atoms with Crippen molar-refractivity contribution in [3.8, 4) is 0 Å². The molecular formula is C8H12BrClO6. The van der Waals surface area contributed by atoms with E-state index >= 15 is 0 Å². The summed E-state index contributed by atoms with van der Waals surface area (Å²) in [6, 6.07) is 0. The van der Waals surface area contributed by atoms with Crippen molar-refractivity contribution >= 4 is 33.3 Å². The molecule has 0 aromatic carbocycles. The fourth-order valence-corrected chi connectivity index (χ4v) is 2.33. The van der Waals surface area contributed by atoms with Crippen LogP contribution < -0.4 is 0 Å². The first-order chi connectivity index (χ1) is 7.75. The fraction of sp³-hybridized carbons (Fsp3) is 0.875. The first kappa shape index (κ1) is 12.7. The number of carbonyl (C=O) groups is 1. The molecule has 0 aromatic heterocycles. The number of alkyl halides is 2. The van der Waals surface area contributed by atoms with Gasteiger partial charge in [-0.25, -0.2) is 0 Å². The van der Waals surface area contributed by atoms with Crippen LogP contribution in [0.4, 0.5) is 0 Å². The van der Waals surface area contributed by atoms with Crippen LogP contribution in [0.15, 0.2) is 0 Å². The van der Waals surface area contributed by atoms with Gasteiger partial charge in [0.05, 0.1) is 13.8 Å². The predicted octanol–water partition coefficient (Wildman–Crippen LogP) is -1.64. The lowest BCUT2D eigenvalue weighted by Crippen LogP contribution is -2.65. The van der Waals surface area contributed by atoms with E-state index in [0.29, 0.717) is 0 Å². The molecule has 1 aliphatic rings. The minimum absolute atomic E-state index is 0.670. The molecule has 1 saturated heterocycles. The van der Waals surface area contributed by atoms with Crippen LogP contribution >= 0.6 is 27.5 Å². The van der Waals surface area contributed by atoms with E-state index in [0.717, 1.165) is 0 Å². The Balaban J connectivity index is 3.03. The second kappa shape index (κ2) is 5.26. The number of aliphatic hydroxyl groups excluding tert-OH is 4. The maximum atomic E-state index is 11.6. The molecule has 0 aliphatic carbocycles. The van der Waals surface area contributed by atoms with Gasteiger partial charge in [-0.1, -0.05) is 0 Å². The van der Waals surface area contributed by atoms with Crippen molar-refractivity contribution in [2.75, 3.05) is 12.5 Å². The minimum Gasteiger partial charge on any atom is -0.394 e. The summed E-state index contributed by atoms with van der Waals surface area (Å²) in [6.45, 7) is -0.670. The zero-order valence-corrected chi connectivity index (χ0v) is 10.3. The van der Waals surface area contributed by atoms with Crippen molar-refractivity contribution in [2.45, 2.75) is 28.9 Å². The second-order valence-corrected chi connectivity index (χ2v) is 4.78. The average molecular weight is 321 g/mol. The Kier molecular flexibility index (Phi) is 4.17. The minimum atomic E-state index is -2.12. The molecule has 4 N–H and O–H groups in total. The lowest BCUT2D eigenvalue weighted by Gasteiger charge is -2.44. The predicted molar refractivity (Wildman–Crippen MR) is 57.4 cm³/mol. The molecule has 8 heteroatoms. The Hall–Kier alpha value is 0.240. The molecular weight excluding hydrogens is 307 g/mol. The summed E-state index contributed by atoms with van der Waals surface area (Å²) in [5, 5.41) is 37.6. The first-order valence-corrected chi connectivity index (χ1v) is 5.61. The van der Waals surface area contributed by atoms with E-state index in [2.05, 4.69) is 15.9 Å². The van der Waals surface area contributed by atoms with Gasteiger partial charge in [-0.05, 0) is 15.9 Å². The molecule has 0 spiro atoms. The third kappa shape index (κ3) is 2.26. The maximum Gasteiger partial charge on any atom is 0.211 e. The van der Waals surface area contributed by atoms with Gasteiger partial charge in [-0.15, -0.1) is 11.6 Å². The molecule has 16 heavy (non-hydrogen) atoms. The Morgan fingerprint density at radius 1 is 1.50 bits per heavy atom. The van der Waals surface area contributed by atoms with Crippen molar-refractivity contribution in [1.82, 2.24) is 0 Å². The van der Waals surface area contributed by atoms with Gasteiger partial charge in [-0.2, -0.15) is 0 Å². The van der Waals surface area contributed by atoms with Gasteiger partial charge in [0.2, 0.25) is 4.51 Å². The standard InChI is InChI=1S/C8H12BrClO6/c9-8(4(12)1-10)7(15)6(14)5(13)3(2-11)16-8/h3,5-7,11,13-15H,1-2H2/t3-,5-,6+,7-,8?/m1/s1/i1D/t1?,3-,5-,6+,7-,8?. The van der Waals surface area contributed by atoms with Crippen LogP contribution in [-0.2, 0) is 9.53 Å².